The summed E-state index contributed by atoms with van der Waals surface area (Å²) in [4.78, 5) is 0.0633. The number of phenolic OH excluding ortho intramolecular Hbond substituents is 1. The maximum absolute atomic E-state index is 12.1. The Morgan fingerprint density at radius 3 is 2.65 bits per heavy atom. The third-order valence-electron chi connectivity index (χ3n) is 2.66. The van der Waals surface area contributed by atoms with E-state index >= 15 is 0 Å². The fourth-order valence-electron chi connectivity index (χ4n) is 1.64. The molecule has 4 N–H and O–H groups in total. The SMILES string of the molecule is Nc1ccc(O)c(CNS(=O)(=O)c2cccc(Cl)c2)c1. The lowest BCUT2D eigenvalue weighted by Gasteiger charge is -2.09. The van der Waals surface area contributed by atoms with Crippen molar-refractivity contribution in [3.05, 3.63) is 53.1 Å². The molecule has 0 aliphatic rings. The Balaban J connectivity index is 2.19. The lowest BCUT2D eigenvalue weighted by molar-refractivity contribution is 0.467. The lowest BCUT2D eigenvalue weighted by Crippen LogP contribution is -2.23. The average molecular weight is 313 g/mol. The summed E-state index contributed by atoms with van der Waals surface area (Å²) in [5.41, 5.74) is 6.43. The predicted octanol–water partition coefficient (Wildman–Crippen LogP) is 2.11. The Bertz CT molecular complexity index is 732. The molecule has 20 heavy (non-hydrogen) atoms. The topological polar surface area (TPSA) is 92.4 Å². The van der Waals surface area contributed by atoms with Crippen LogP contribution >= 0.6 is 11.6 Å². The molecule has 0 unspecified atom stereocenters. The molecule has 2 aromatic rings. The number of sulfonamides is 1. The number of hydrogen-bond acceptors (Lipinski definition) is 4. The molecule has 0 bridgehead atoms. The molecule has 0 aliphatic heterocycles. The van der Waals surface area contributed by atoms with Crippen molar-refractivity contribution in [2.75, 3.05) is 5.73 Å². The number of nitrogens with two attached hydrogens (primary N) is 1. The van der Waals surface area contributed by atoms with E-state index in [1.165, 1.54) is 30.3 Å². The third kappa shape index (κ3) is 3.41. The van der Waals surface area contributed by atoms with Gasteiger partial charge in [0.25, 0.3) is 0 Å². The van der Waals surface area contributed by atoms with Crippen LogP contribution in [0, 0.1) is 0 Å². The molecule has 0 radical (unpaired) electrons. The summed E-state index contributed by atoms with van der Waals surface area (Å²) in [5.74, 6) is -0.0204. The van der Waals surface area contributed by atoms with E-state index in [2.05, 4.69) is 4.72 Å². The molecule has 0 amide bonds. The van der Waals surface area contributed by atoms with Gasteiger partial charge in [0.2, 0.25) is 10.0 Å². The maximum atomic E-state index is 12.1. The van der Waals surface area contributed by atoms with Crippen LogP contribution in [0.1, 0.15) is 5.56 Å². The normalized spacial score (nSPS) is 11.4. The van der Waals surface area contributed by atoms with E-state index in [0.29, 0.717) is 16.3 Å². The molecule has 2 aromatic carbocycles. The van der Waals surface area contributed by atoms with Crippen LogP contribution < -0.4 is 10.5 Å². The van der Waals surface area contributed by atoms with Crippen LogP contribution in [0.3, 0.4) is 0 Å². The van der Waals surface area contributed by atoms with Gasteiger partial charge in [0.1, 0.15) is 5.75 Å². The fraction of sp³-hybridized carbons (Fsp3) is 0.0769. The number of aromatic hydroxyl groups is 1. The minimum absolute atomic E-state index is 0.0204. The molecule has 7 heteroatoms. The molecule has 0 saturated carbocycles. The molecule has 0 atom stereocenters. The summed E-state index contributed by atoms with van der Waals surface area (Å²) in [5, 5.41) is 9.97. The van der Waals surface area contributed by atoms with Crippen LogP contribution in [0.2, 0.25) is 5.02 Å². The van der Waals surface area contributed by atoms with Gasteiger partial charge in [-0.15, -0.1) is 0 Å². The van der Waals surface area contributed by atoms with Gasteiger partial charge in [-0.3, -0.25) is 0 Å². The Morgan fingerprint density at radius 1 is 1.20 bits per heavy atom. The van der Waals surface area contributed by atoms with Crippen LogP contribution in [-0.2, 0) is 16.6 Å². The second-order valence-electron chi connectivity index (χ2n) is 4.17. The summed E-state index contributed by atoms with van der Waals surface area (Å²) >= 11 is 5.77. The van der Waals surface area contributed by atoms with Crippen molar-refractivity contribution in [1.82, 2.24) is 4.72 Å². The molecule has 0 aromatic heterocycles. The number of rotatable bonds is 4. The van der Waals surface area contributed by atoms with Gasteiger partial charge in [0.05, 0.1) is 4.90 Å². The van der Waals surface area contributed by atoms with Gasteiger partial charge >= 0.3 is 0 Å². The number of nitrogen functional groups attached to an aromatic ring is 1. The molecule has 0 spiro atoms. The van der Waals surface area contributed by atoms with Gasteiger partial charge < -0.3 is 10.8 Å². The summed E-state index contributed by atoms with van der Waals surface area (Å²) in [7, 11) is -3.70. The van der Waals surface area contributed by atoms with Gasteiger partial charge in [0.15, 0.2) is 0 Å². The quantitative estimate of drug-likeness (QED) is 0.595. The Morgan fingerprint density at radius 2 is 1.95 bits per heavy atom. The minimum Gasteiger partial charge on any atom is -0.508 e. The number of anilines is 1. The molecular weight excluding hydrogens is 300 g/mol. The molecule has 2 rings (SSSR count). The highest BCUT2D eigenvalue weighted by molar-refractivity contribution is 7.89. The Kier molecular flexibility index (Phi) is 4.17. The first-order valence-electron chi connectivity index (χ1n) is 5.71. The second kappa shape index (κ2) is 5.70. The number of nitrogens with one attached hydrogen (secondary N) is 1. The van der Waals surface area contributed by atoms with E-state index < -0.39 is 10.0 Å². The smallest absolute Gasteiger partial charge is 0.240 e. The molecule has 0 heterocycles. The standard InChI is InChI=1S/C13H13ClN2O3S/c14-10-2-1-3-12(7-10)20(18,19)16-8-9-6-11(15)4-5-13(9)17/h1-7,16-17H,8,15H2. The Labute approximate surface area is 122 Å². The number of halogens is 1. The summed E-state index contributed by atoms with van der Waals surface area (Å²) < 4.78 is 26.5. The van der Waals surface area contributed by atoms with E-state index in [-0.39, 0.29) is 17.2 Å². The van der Waals surface area contributed by atoms with Crippen LogP contribution in [0.15, 0.2) is 47.4 Å². The average Bonchev–Trinajstić information content (AvgIpc) is 2.40. The highest BCUT2D eigenvalue weighted by atomic mass is 35.5. The van der Waals surface area contributed by atoms with Gasteiger partial charge in [-0.25, -0.2) is 13.1 Å². The molecular formula is C13H13ClN2O3S. The molecule has 0 saturated heterocycles. The molecule has 0 fully saturated rings. The maximum Gasteiger partial charge on any atom is 0.240 e. The summed E-state index contributed by atoms with van der Waals surface area (Å²) in [6, 6.07) is 10.4. The van der Waals surface area contributed by atoms with Crippen molar-refractivity contribution >= 4 is 27.3 Å². The van der Waals surface area contributed by atoms with E-state index in [9.17, 15) is 13.5 Å². The zero-order chi connectivity index (χ0) is 14.8. The van der Waals surface area contributed by atoms with Gasteiger partial charge in [-0.2, -0.15) is 0 Å². The third-order valence-corrected chi connectivity index (χ3v) is 4.30. The molecule has 0 aliphatic carbocycles. The van der Waals surface area contributed by atoms with Crippen molar-refractivity contribution in [1.29, 1.82) is 0 Å². The van der Waals surface area contributed by atoms with Gasteiger partial charge in [-0.1, -0.05) is 17.7 Å². The first kappa shape index (κ1) is 14.6. The van der Waals surface area contributed by atoms with Crippen LogP contribution in [0.4, 0.5) is 5.69 Å². The molecule has 5 nitrogen and oxygen atoms in total. The summed E-state index contributed by atoms with van der Waals surface area (Å²) in [6.45, 7) is -0.0638. The largest absolute Gasteiger partial charge is 0.508 e. The predicted molar refractivity (Wildman–Crippen MR) is 78.0 cm³/mol. The first-order chi connectivity index (χ1) is 9.38. The van der Waals surface area contributed by atoms with Crippen molar-refractivity contribution < 1.29 is 13.5 Å². The zero-order valence-corrected chi connectivity index (χ0v) is 11.9. The van der Waals surface area contributed by atoms with Crippen LogP contribution in [-0.4, -0.2) is 13.5 Å². The van der Waals surface area contributed by atoms with E-state index in [1.807, 2.05) is 0 Å². The fourth-order valence-corrected chi connectivity index (χ4v) is 2.94. The molecule has 106 valence electrons. The summed E-state index contributed by atoms with van der Waals surface area (Å²) in [6.07, 6.45) is 0. The van der Waals surface area contributed by atoms with Crippen molar-refractivity contribution in [3.8, 4) is 5.75 Å². The number of hydrogen-bond donors (Lipinski definition) is 3. The van der Waals surface area contributed by atoms with Crippen molar-refractivity contribution in [2.24, 2.45) is 0 Å². The number of phenols is 1. The van der Waals surface area contributed by atoms with Crippen LogP contribution in [0.5, 0.6) is 5.75 Å². The van der Waals surface area contributed by atoms with E-state index in [4.69, 9.17) is 17.3 Å². The van der Waals surface area contributed by atoms with Gasteiger partial charge in [-0.05, 0) is 36.4 Å². The van der Waals surface area contributed by atoms with Crippen molar-refractivity contribution in [2.45, 2.75) is 11.4 Å². The Hall–Kier alpha value is -1.76. The first-order valence-corrected chi connectivity index (χ1v) is 7.57. The lowest BCUT2D eigenvalue weighted by atomic mass is 10.2. The minimum atomic E-state index is -3.70. The highest BCUT2D eigenvalue weighted by Gasteiger charge is 2.14. The van der Waals surface area contributed by atoms with Crippen LogP contribution in [0.25, 0.3) is 0 Å². The highest BCUT2D eigenvalue weighted by Crippen LogP contribution is 2.21. The second-order valence-corrected chi connectivity index (χ2v) is 6.37. The van der Waals surface area contributed by atoms with E-state index in [0.717, 1.165) is 0 Å². The van der Waals surface area contributed by atoms with Gasteiger partial charge in [0, 0.05) is 22.8 Å². The van der Waals surface area contributed by atoms with Crippen molar-refractivity contribution in [3.63, 3.8) is 0 Å². The monoisotopic (exact) mass is 312 g/mol. The van der Waals surface area contributed by atoms with E-state index in [1.54, 1.807) is 12.1 Å². The number of benzene rings is 2. The zero-order valence-electron chi connectivity index (χ0n) is 10.4.